The number of sulfonamides is 1. The molecule has 10 nitrogen and oxygen atoms in total. The highest BCUT2D eigenvalue weighted by atomic mass is 32.2. The van der Waals surface area contributed by atoms with Gasteiger partial charge in [0.2, 0.25) is 10.0 Å². The maximum Gasteiger partial charge on any atom is 0.417 e. The molecule has 2 aliphatic carbocycles. The third-order valence-electron chi connectivity index (χ3n) is 8.56. The molecule has 2 aromatic rings. The lowest BCUT2D eigenvalue weighted by atomic mass is 9.60. The number of halogens is 3. The first kappa shape index (κ1) is 23.4. The van der Waals surface area contributed by atoms with Crippen LogP contribution in [0, 0.1) is 10.8 Å². The van der Waals surface area contributed by atoms with Gasteiger partial charge >= 0.3 is 12.2 Å². The molecule has 0 bridgehead atoms. The summed E-state index contributed by atoms with van der Waals surface area (Å²) in [6.07, 6.45) is 3.02. The Labute approximate surface area is 211 Å². The van der Waals surface area contributed by atoms with E-state index in [1.807, 2.05) is 15.9 Å². The van der Waals surface area contributed by atoms with Gasteiger partial charge in [0, 0.05) is 68.4 Å². The van der Waals surface area contributed by atoms with Crippen molar-refractivity contribution < 1.29 is 26.4 Å². The molecule has 198 valence electrons. The van der Waals surface area contributed by atoms with Gasteiger partial charge in [-0.1, -0.05) is 0 Å². The minimum atomic E-state index is -4.79. The zero-order valence-electron chi connectivity index (χ0n) is 19.9. The third kappa shape index (κ3) is 3.66. The molecule has 37 heavy (non-hydrogen) atoms. The van der Waals surface area contributed by atoms with E-state index < -0.39 is 26.7 Å². The number of likely N-dealkylation sites (tertiary alicyclic amines) is 2. The van der Waals surface area contributed by atoms with Gasteiger partial charge in [0.15, 0.2) is 5.82 Å². The summed E-state index contributed by atoms with van der Waals surface area (Å²) in [5.74, 6) is 1.48. The molecule has 2 spiro atoms. The normalized spacial score (nSPS) is 24.9. The molecule has 0 atom stereocenters. The van der Waals surface area contributed by atoms with Crippen LogP contribution in [0.25, 0.3) is 0 Å². The molecule has 5 aliphatic rings. The highest BCUT2D eigenvalue weighted by Crippen LogP contribution is 2.55. The fourth-order valence-corrected chi connectivity index (χ4v) is 8.23. The molecule has 14 heteroatoms. The first-order valence-electron chi connectivity index (χ1n) is 12.4. The Morgan fingerprint density at radius 3 is 2.27 bits per heavy atom. The molecule has 0 radical (unpaired) electrons. The molecule has 2 aromatic heterocycles. The lowest BCUT2D eigenvalue weighted by Crippen LogP contribution is -2.76. The smallest absolute Gasteiger partial charge is 0.323 e. The Morgan fingerprint density at radius 2 is 1.65 bits per heavy atom. The molecule has 2 amide bonds. The number of nitrogens with zero attached hydrogens (tertiary/aromatic N) is 7. The molecule has 0 unspecified atom stereocenters. The lowest BCUT2D eigenvalue weighted by molar-refractivity contribution is -0.140. The summed E-state index contributed by atoms with van der Waals surface area (Å²) in [5.41, 5.74) is -1.46. The largest absolute Gasteiger partial charge is 0.417 e. The predicted octanol–water partition coefficient (Wildman–Crippen LogP) is 2.33. The van der Waals surface area contributed by atoms with Gasteiger partial charge in [0.1, 0.15) is 11.2 Å². The summed E-state index contributed by atoms with van der Waals surface area (Å²) in [6.45, 7) is 2.42. The molecule has 7 rings (SSSR count). The molecule has 5 heterocycles. The van der Waals surface area contributed by atoms with Crippen molar-refractivity contribution in [1.82, 2.24) is 33.9 Å². The van der Waals surface area contributed by atoms with E-state index in [-0.39, 0.29) is 30.0 Å². The molecule has 3 saturated heterocycles. The van der Waals surface area contributed by atoms with Gasteiger partial charge in [-0.25, -0.2) is 22.9 Å². The van der Waals surface area contributed by atoms with Crippen molar-refractivity contribution in [3.8, 4) is 0 Å². The number of carbonyl (C=O) groups excluding carboxylic acids is 1. The van der Waals surface area contributed by atoms with Gasteiger partial charge in [0.25, 0.3) is 0 Å². The van der Waals surface area contributed by atoms with Crippen LogP contribution in [0.4, 0.5) is 18.0 Å². The monoisotopic (exact) mass is 537 g/mol. The fraction of sp³-hybridized carbons (Fsp3) is 0.652. The SMILES string of the molecule is O=C(N1CC2(CC(n3cnc(C4CC4)n3)C2)C1)N1CC2(C1)CN(S(=O)(=O)c1cnccc1C(F)(F)F)C2. The Balaban J connectivity index is 0.902. The number of urea groups is 1. The number of pyridine rings is 1. The van der Waals surface area contributed by atoms with Gasteiger partial charge in [-0.3, -0.25) is 4.98 Å². The van der Waals surface area contributed by atoms with Gasteiger partial charge in [-0.05, 0) is 31.7 Å². The quantitative estimate of drug-likeness (QED) is 0.593. The van der Waals surface area contributed by atoms with E-state index in [9.17, 15) is 26.4 Å². The average molecular weight is 538 g/mol. The summed E-state index contributed by atoms with van der Waals surface area (Å²) in [6, 6.07) is 0.961. The third-order valence-corrected chi connectivity index (χ3v) is 10.4. The van der Waals surface area contributed by atoms with E-state index in [1.165, 1.54) is 12.8 Å². The minimum Gasteiger partial charge on any atom is -0.323 e. The summed E-state index contributed by atoms with van der Waals surface area (Å²) < 4.78 is 68.6. The maximum atomic E-state index is 13.3. The van der Waals surface area contributed by atoms with Crippen LogP contribution in [-0.4, -0.2) is 87.6 Å². The Hall–Kier alpha value is -2.74. The Morgan fingerprint density at radius 1 is 1.00 bits per heavy atom. The molecule has 5 fully saturated rings. The van der Waals surface area contributed by atoms with Crippen molar-refractivity contribution in [3.63, 3.8) is 0 Å². The number of alkyl halides is 3. The highest BCUT2D eigenvalue weighted by molar-refractivity contribution is 7.89. The van der Waals surface area contributed by atoms with Crippen LogP contribution in [0.2, 0.25) is 0 Å². The highest BCUT2D eigenvalue weighted by Gasteiger charge is 2.60. The van der Waals surface area contributed by atoms with Crippen molar-refractivity contribution in [1.29, 1.82) is 0 Å². The molecular formula is C23H26F3N7O3S. The molecule has 0 aromatic carbocycles. The summed E-state index contributed by atoms with van der Waals surface area (Å²) in [4.78, 5) is 23.6. The van der Waals surface area contributed by atoms with Gasteiger partial charge in [-0.15, -0.1) is 0 Å². The summed E-state index contributed by atoms with van der Waals surface area (Å²) >= 11 is 0. The van der Waals surface area contributed by atoms with Gasteiger partial charge in [-0.2, -0.15) is 22.6 Å². The molecular weight excluding hydrogens is 511 g/mol. The second-order valence-corrected chi connectivity index (χ2v) is 13.5. The Kier molecular flexibility index (Phi) is 4.69. The number of carbonyl (C=O) groups is 1. The van der Waals surface area contributed by atoms with E-state index in [2.05, 4.69) is 15.1 Å². The fourth-order valence-electron chi connectivity index (χ4n) is 6.41. The number of rotatable bonds is 4. The van der Waals surface area contributed by atoms with Crippen LogP contribution in [0.3, 0.4) is 0 Å². The van der Waals surface area contributed by atoms with Crippen molar-refractivity contribution in [2.24, 2.45) is 10.8 Å². The van der Waals surface area contributed by atoms with E-state index in [0.717, 1.165) is 35.4 Å². The number of hydrogen-bond acceptors (Lipinski definition) is 6. The summed E-state index contributed by atoms with van der Waals surface area (Å²) in [7, 11) is -4.32. The second kappa shape index (κ2) is 7.43. The number of aromatic nitrogens is 4. The Bertz CT molecular complexity index is 1360. The van der Waals surface area contributed by atoms with Crippen molar-refractivity contribution >= 4 is 16.1 Å². The zero-order valence-corrected chi connectivity index (χ0v) is 20.7. The van der Waals surface area contributed by atoms with E-state index in [0.29, 0.717) is 44.2 Å². The zero-order chi connectivity index (χ0) is 25.8. The van der Waals surface area contributed by atoms with Crippen LogP contribution in [0.5, 0.6) is 0 Å². The standard InChI is InChI=1S/C23H26F3N7O3S/c24-23(25,26)17-3-4-27-7-18(17)37(35,36)32-12-22(13-32)10-31(11-22)20(34)30-8-21(9-30)5-16(6-21)33-14-28-19(29-33)15-1-2-15/h3-4,7,14-16H,1-2,5-6,8-13H2. The average Bonchev–Trinajstić information content (AvgIpc) is 3.47. The first-order chi connectivity index (χ1) is 17.5. The summed E-state index contributed by atoms with van der Waals surface area (Å²) in [5, 5.41) is 4.62. The lowest BCUT2D eigenvalue weighted by Gasteiger charge is -2.63. The first-order valence-corrected chi connectivity index (χ1v) is 13.9. The van der Waals surface area contributed by atoms with Crippen molar-refractivity contribution in [2.45, 2.75) is 48.7 Å². The number of hydrogen-bond donors (Lipinski definition) is 0. The van der Waals surface area contributed by atoms with Crippen LogP contribution >= 0.6 is 0 Å². The van der Waals surface area contributed by atoms with Crippen LogP contribution < -0.4 is 0 Å². The topological polar surface area (TPSA) is 105 Å². The van der Waals surface area contributed by atoms with E-state index >= 15 is 0 Å². The molecule has 2 saturated carbocycles. The van der Waals surface area contributed by atoms with Gasteiger partial charge < -0.3 is 9.80 Å². The second-order valence-electron chi connectivity index (χ2n) is 11.6. The molecule has 3 aliphatic heterocycles. The predicted molar refractivity (Wildman–Crippen MR) is 122 cm³/mol. The van der Waals surface area contributed by atoms with Gasteiger partial charge in [0.05, 0.1) is 11.6 Å². The van der Waals surface area contributed by atoms with E-state index in [1.54, 1.807) is 4.90 Å². The van der Waals surface area contributed by atoms with E-state index in [4.69, 9.17) is 0 Å². The van der Waals surface area contributed by atoms with Crippen LogP contribution in [0.15, 0.2) is 29.7 Å². The van der Waals surface area contributed by atoms with Crippen LogP contribution in [0.1, 0.15) is 49.0 Å². The van der Waals surface area contributed by atoms with Crippen molar-refractivity contribution in [2.75, 3.05) is 39.3 Å². The van der Waals surface area contributed by atoms with Crippen molar-refractivity contribution in [3.05, 3.63) is 36.2 Å². The maximum absolute atomic E-state index is 13.3. The minimum absolute atomic E-state index is 0.0515. The number of amides is 2. The molecule has 0 N–H and O–H groups in total. The van der Waals surface area contributed by atoms with Crippen LogP contribution in [-0.2, 0) is 16.2 Å².